The lowest BCUT2D eigenvalue weighted by molar-refractivity contribution is -0.139. The lowest BCUT2D eigenvalue weighted by Gasteiger charge is -2.12. The number of methoxy groups -OCH3 is 1. The zero-order valence-electron chi connectivity index (χ0n) is 19.4. The van der Waals surface area contributed by atoms with Crippen LogP contribution >= 0.6 is 15.9 Å². The molecule has 35 heavy (non-hydrogen) atoms. The largest absolute Gasteiger partial charge is 0.493 e. The second-order valence-corrected chi connectivity index (χ2v) is 8.67. The molecule has 1 fully saturated rings. The molecule has 0 saturated carbocycles. The number of carbonyl (C=O) groups is 3. The molecule has 1 heterocycles. The molecule has 0 aliphatic carbocycles. The Morgan fingerprint density at radius 3 is 2.71 bits per heavy atom. The van der Waals surface area contributed by atoms with Gasteiger partial charge in [-0.05, 0) is 67.3 Å². The van der Waals surface area contributed by atoms with Crippen LogP contribution in [0.5, 0.6) is 11.5 Å². The highest BCUT2D eigenvalue weighted by Crippen LogP contribution is 2.27. The number of hydrazone groups is 1. The third-order valence-electron chi connectivity index (χ3n) is 5.11. The summed E-state index contributed by atoms with van der Waals surface area (Å²) >= 11 is 3.39. The molecule has 3 rings (SSSR count). The summed E-state index contributed by atoms with van der Waals surface area (Å²) < 4.78 is 17.3. The van der Waals surface area contributed by atoms with Gasteiger partial charge in [-0.25, -0.2) is 5.43 Å². The molecule has 1 aliphatic heterocycles. The third kappa shape index (κ3) is 8.08. The third-order valence-corrected chi connectivity index (χ3v) is 5.60. The van der Waals surface area contributed by atoms with Crippen LogP contribution in [0, 0.1) is 6.92 Å². The molecule has 3 amide bonds. The van der Waals surface area contributed by atoms with E-state index in [1.807, 2.05) is 19.1 Å². The Hall–Kier alpha value is -3.44. The number of amides is 3. The molecule has 10 nitrogen and oxygen atoms in total. The van der Waals surface area contributed by atoms with E-state index in [-0.39, 0.29) is 25.2 Å². The van der Waals surface area contributed by atoms with Gasteiger partial charge in [-0.15, -0.1) is 0 Å². The van der Waals surface area contributed by atoms with Crippen molar-refractivity contribution in [2.45, 2.75) is 25.9 Å². The van der Waals surface area contributed by atoms with E-state index in [0.717, 1.165) is 22.9 Å². The number of hydrogen-bond acceptors (Lipinski definition) is 7. The first-order valence-electron chi connectivity index (χ1n) is 11.0. The SMILES string of the molecule is COc1cc(/C=N\NC(=O)C(=O)NC[C@@H]2CCCO2)ccc1OCC(=O)Nc1ccc(Br)cc1C. The minimum absolute atomic E-state index is 0.0561. The number of aryl methyl sites for hydroxylation is 1. The van der Waals surface area contributed by atoms with Gasteiger partial charge in [0, 0.05) is 23.3 Å². The minimum Gasteiger partial charge on any atom is -0.493 e. The molecule has 0 unspecified atom stereocenters. The van der Waals surface area contributed by atoms with Crippen LogP contribution in [0.4, 0.5) is 5.69 Å². The molecule has 2 aromatic rings. The Kier molecular flexibility index (Phi) is 9.62. The summed E-state index contributed by atoms with van der Waals surface area (Å²) in [6.45, 7) is 2.64. The van der Waals surface area contributed by atoms with Gasteiger partial charge in [0.2, 0.25) is 0 Å². The molecule has 3 N–H and O–H groups in total. The number of ether oxygens (including phenoxy) is 3. The zero-order chi connectivity index (χ0) is 25.2. The van der Waals surface area contributed by atoms with Gasteiger partial charge in [0.1, 0.15) is 0 Å². The van der Waals surface area contributed by atoms with E-state index in [2.05, 4.69) is 37.1 Å². The average molecular weight is 547 g/mol. The van der Waals surface area contributed by atoms with Gasteiger partial charge in [-0.2, -0.15) is 5.10 Å². The summed E-state index contributed by atoms with van der Waals surface area (Å²) in [6.07, 6.45) is 3.11. The van der Waals surface area contributed by atoms with Crippen LogP contribution in [-0.4, -0.2) is 56.9 Å². The van der Waals surface area contributed by atoms with Crippen LogP contribution in [0.2, 0.25) is 0 Å². The van der Waals surface area contributed by atoms with E-state index < -0.39 is 11.8 Å². The molecular weight excluding hydrogens is 520 g/mol. The first-order valence-corrected chi connectivity index (χ1v) is 11.7. The molecule has 0 bridgehead atoms. The standard InChI is InChI=1S/C24H27BrN4O6/c1-15-10-17(25)6-7-19(15)28-22(30)14-35-20-8-5-16(11-21(20)33-2)12-27-29-24(32)23(31)26-13-18-4-3-9-34-18/h5-8,10-12,18H,3-4,9,13-14H2,1-2H3,(H,26,31)(H,28,30)(H,29,32)/b27-12-/t18-/m0/s1. The van der Waals surface area contributed by atoms with Crippen molar-refractivity contribution < 1.29 is 28.6 Å². The lowest BCUT2D eigenvalue weighted by Crippen LogP contribution is -2.41. The fourth-order valence-corrected chi connectivity index (χ4v) is 3.76. The second kappa shape index (κ2) is 12.9. The van der Waals surface area contributed by atoms with E-state index in [1.165, 1.54) is 13.3 Å². The molecule has 186 valence electrons. The zero-order valence-corrected chi connectivity index (χ0v) is 21.0. The van der Waals surface area contributed by atoms with Crippen LogP contribution in [0.15, 0.2) is 46.0 Å². The van der Waals surface area contributed by atoms with Gasteiger partial charge in [0.25, 0.3) is 5.91 Å². The first kappa shape index (κ1) is 26.2. The summed E-state index contributed by atoms with van der Waals surface area (Å²) in [7, 11) is 1.47. The number of nitrogens with zero attached hydrogens (tertiary/aromatic N) is 1. The Balaban J connectivity index is 1.48. The summed E-state index contributed by atoms with van der Waals surface area (Å²) in [6, 6.07) is 10.5. The Labute approximate surface area is 211 Å². The minimum atomic E-state index is -0.877. The van der Waals surface area contributed by atoms with Crippen molar-refractivity contribution in [3.05, 3.63) is 52.0 Å². The van der Waals surface area contributed by atoms with E-state index in [9.17, 15) is 14.4 Å². The van der Waals surface area contributed by atoms with Gasteiger partial charge in [-0.3, -0.25) is 14.4 Å². The van der Waals surface area contributed by atoms with E-state index >= 15 is 0 Å². The van der Waals surface area contributed by atoms with Crippen molar-refractivity contribution in [1.82, 2.24) is 10.7 Å². The number of halogens is 1. The molecule has 1 atom stereocenters. The van der Waals surface area contributed by atoms with Crippen molar-refractivity contribution in [3.8, 4) is 11.5 Å². The quantitative estimate of drug-likeness (QED) is 0.252. The van der Waals surface area contributed by atoms with Crippen molar-refractivity contribution in [2.24, 2.45) is 5.10 Å². The average Bonchev–Trinajstić information content (AvgIpc) is 3.37. The van der Waals surface area contributed by atoms with Crippen molar-refractivity contribution in [3.63, 3.8) is 0 Å². The number of hydrogen-bond donors (Lipinski definition) is 3. The lowest BCUT2D eigenvalue weighted by atomic mass is 10.2. The van der Waals surface area contributed by atoms with Gasteiger partial charge >= 0.3 is 11.8 Å². The smallest absolute Gasteiger partial charge is 0.329 e. The van der Waals surface area contributed by atoms with E-state index in [0.29, 0.717) is 29.4 Å². The highest BCUT2D eigenvalue weighted by Gasteiger charge is 2.19. The Bertz CT molecular complexity index is 1100. The molecular formula is C24H27BrN4O6. The number of rotatable bonds is 9. The normalized spacial score (nSPS) is 15.0. The number of nitrogens with one attached hydrogen (secondary N) is 3. The van der Waals surface area contributed by atoms with E-state index in [4.69, 9.17) is 14.2 Å². The molecule has 1 saturated heterocycles. The van der Waals surface area contributed by atoms with Gasteiger partial charge in [-0.1, -0.05) is 15.9 Å². The number of benzene rings is 2. The molecule has 11 heteroatoms. The van der Waals surface area contributed by atoms with Crippen molar-refractivity contribution >= 4 is 45.6 Å². The molecule has 0 radical (unpaired) electrons. The highest BCUT2D eigenvalue weighted by atomic mass is 79.9. The summed E-state index contributed by atoms with van der Waals surface area (Å²) in [4.78, 5) is 36.0. The number of carbonyl (C=O) groups excluding carboxylic acids is 3. The van der Waals surface area contributed by atoms with Crippen LogP contribution in [0.1, 0.15) is 24.0 Å². The van der Waals surface area contributed by atoms with Crippen LogP contribution in [0.3, 0.4) is 0 Å². The van der Waals surface area contributed by atoms with Gasteiger partial charge in [0.15, 0.2) is 18.1 Å². The fraction of sp³-hybridized carbons (Fsp3) is 0.333. The monoisotopic (exact) mass is 546 g/mol. The molecule has 2 aromatic carbocycles. The predicted molar refractivity (Wildman–Crippen MR) is 134 cm³/mol. The Morgan fingerprint density at radius 2 is 2.00 bits per heavy atom. The first-order chi connectivity index (χ1) is 16.9. The fourth-order valence-electron chi connectivity index (χ4n) is 3.29. The van der Waals surface area contributed by atoms with Crippen LogP contribution < -0.4 is 25.5 Å². The summed E-state index contributed by atoms with van der Waals surface area (Å²) in [5.74, 6) is -1.23. The topological polar surface area (TPSA) is 127 Å². The molecule has 1 aliphatic rings. The van der Waals surface area contributed by atoms with Gasteiger partial charge < -0.3 is 24.8 Å². The Morgan fingerprint density at radius 1 is 1.17 bits per heavy atom. The van der Waals surface area contributed by atoms with Crippen molar-refractivity contribution in [2.75, 3.05) is 32.2 Å². The van der Waals surface area contributed by atoms with Crippen molar-refractivity contribution in [1.29, 1.82) is 0 Å². The maximum absolute atomic E-state index is 12.3. The molecule has 0 spiro atoms. The van der Waals surface area contributed by atoms with Crippen LogP contribution in [0.25, 0.3) is 0 Å². The van der Waals surface area contributed by atoms with Crippen LogP contribution in [-0.2, 0) is 19.1 Å². The highest BCUT2D eigenvalue weighted by molar-refractivity contribution is 9.10. The summed E-state index contributed by atoms with van der Waals surface area (Å²) in [5, 5.41) is 9.13. The second-order valence-electron chi connectivity index (χ2n) is 7.75. The summed E-state index contributed by atoms with van der Waals surface area (Å²) in [5.41, 5.74) is 4.38. The maximum Gasteiger partial charge on any atom is 0.329 e. The number of anilines is 1. The maximum atomic E-state index is 12.3. The van der Waals surface area contributed by atoms with E-state index in [1.54, 1.807) is 24.3 Å². The molecule has 0 aromatic heterocycles. The predicted octanol–water partition coefficient (Wildman–Crippen LogP) is 2.53. The van der Waals surface area contributed by atoms with Gasteiger partial charge in [0.05, 0.1) is 19.4 Å².